The first-order chi connectivity index (χ1) is 15.1. The minimum atomic E-state index is -0.396. The number of hydrogen-bond acceptors (Lipinski definition) is 4. The van der Waals surface area contributed by atoms with E-state index in [9.17, 15) is 13.6 Å². The average molecular weight is 422 g/mol. The van der Waals surface area contributed by atoms with Crippen molar-refractivity contribution in [3.63, 3.8) is 0 Å². The molecule has 4 rings (SSSR count). The number of amides is 1. The number of anilines is 2. The first-order valence-electron chi connectivity index (χ1n) is 10.5. The van der Waals surface area contributed by atoms with E-state index in [1.165, 1.54) is 18.2 Å². The summed E-state index contributed by atoms with van der Waals surface area (Å²) in [5, 5.41) is 3.08. The minimum Gasteiger partial charge on any atom is -0.334 e. The van der Waals surface area contributed by atoms with Crippen LogP contribution in [-0.4, -0.2) is 27.3 Å². The third-order valence-corrected chi connectivity index (χ3v) is 5.44. The highest BCUT2D eigenvalue weighted by Gasteiger charge is 2.30. The molecular formula is C24H24F2N4O. The Balaban J connectivity index is 1.37. The zero-order valence-electron chi connectivity index (χ0n) is 17.1. The molecule has 0 radical (unpaired) electrons. The Labute approximate surface area is 180 Å². The highest BCUT2D eigenvalue weighted by atomic mass is 19.1. The number of hydrogen-bond donors (Lipinski definition) is 1. The summed E-state index contributed by atoms with van der Waals surface area (Å²) in [5.74, 6) is 0.578. The largest absolute Gasteiger partial charge is 0.334 e. The SMILES string of the molecule is O=C(CCCc1ccc(F)cc1)N1CCCC1c1cccc(Nc2ccc(F)cn2)n1. The summed E-state index contributed by atoms with van der Waals surface area (Å²) in [5.41, 5.74) is 1.86. The summed E-state index contributed by atoms with van der Waals surface area (Å²) in [6, 6.07) is 14.9. The Kier molecular flexibility index (Phi) is 6.50. The molecule has 1 fully saturated rings. The van der Waals surface area contributed by atoms with Crippen molar-refractivity contribution < 1.29 is 13.6 Å². The lowest BCUT2D eigenvalue weighted by molar-refractivity contribution is -0.132. The molecule has 31 heavy (non-hydrogen) atoms. The topological polar surface area (TPSA) is 58.1 Å². The highest BCUT2D eigenvalue weighted by Crippen LogP contribution is 2.32. The van der Waals surface area contributed by atoms with Crippen molar-refractivity contribution in [2.45, 2.75) is 38.1 Å². The van der Waals surface area contributed by atoms with Crippen LogP contribution in [0.3, 0.4) is 0 Å². The normalized spacial score (nSPS) is 15.8. The van der Waals surface area contributed by atoms with Crippen LogP contribution >= 0.6 is 0 Å². The van der Waals surface area contributed by atoms with Gasteiger partial charge in [0.1, 0.15) is 23.3 Å². The van der Waals surface area contributed by atoms with Gasteiger partial charge in [-0.05, 0) is 67.6 Å². The van der Waals surface area contributed by atoms with Gasteiger partial charge in [0, 0.05) is 13.0 Å². The smallest absolute Gasteiger partial charge is 0.223 e. The van der Waals surface area contributed by atoms with E-state index in [-0.39, 0.29) is 17.8 Å². The number of nitrogens with zero attached hydrogens (tertiary/aromatic N) is 3. The van der Waals surface area contributed by atoms with Gasteiger partial charge in [0.2, 0.25) is 5.91 Å². The van der Waals surface area contributed by atoms with Gasteiger partial charge in [-0.25, -0.2) is 18.7 Å². The number of rotatable bonds is 7. The van der Waals surface area contributed by atoms with Crippen LogP contribution in [0.4, 0.5) is 20.4 Å². The van der Waals surface area contributed by atoms with Crippen LogP contribution in [0.25, 0.3) is 0 Å². The molecule has 7 heteroatoms. The summed E-state index contributed by atoms with van der Waals surface area (Å²) in [7, 11) is 0. The van der Waals surface area contributed by atoms with E-state index >= 15 is 0 Å². The number of likely N-dealkylation sites (tertiary alicyclic amines) is 1. The monoisotopic (exact) mass is 422 g/mol. The van der Waals surface area contributed by atoms with E-state index in [4.69, 9.17) is 0 Å². The summed E-state index contributed by atoms with van der Waals surface area (Å²) in [6.45, 7) is 0.721. The molecule has 1 N–H and O–H groups in total. The van der Waals surface area contributed by atoms with E-state index in [1.54, 1.807) is 18.2 Å². The molecule has 160 valence electrons. The molecule has 3 heterocycles. The predicted octanol–water partition coefficient (Wildman–Crippen LogP) is 5.18. The highest BCUT2D eigenvalue weighted by molar-refractivity contribution is 5.77. The van der Waals surface area contributed by atoms with Gasteiger partial charge in [-0.1, -0.05) is 18.2 Å². The van der Waals surface area contributed by atoms with E-state index in [0.717, 1.165) is 49.7 Å². The van der Waals surface area contributed by atoms with Gasteiger partial charge in [0.15, 0.2) is 0 Å². The Bertz CT molecular complexity index is 1020. The second-order valence-corrected chi connectivity index (χ2v) is 7.66. The zero-order valence-corrected chi connectivity index (χ0v) is 17.1. The molecule has 1 atom stereocenters. The molecule has 0 spiro atoms. The maximum atomic E-state index is 13.1. The van der Waals surface area contributed by atoms with Crippen LogP contribution in [0, 0.1) is 11.6 Å². The second-order valence-electron chi connectivity index (χ2n) is 7.66. The number of aryl methyl sites for hydroxylation is 1. The molecule has 5 nitrogen and oxygen atoms in total. The lowest BCUT2D eigenvalue weighted by atomic mass is 10.1. The number of carbonyl (C=O) groups is 1. The van der Waals surface area contributed by atoms with E-state index in [1.807, 2.05) is 23.1 Å². The Morgan fingerprint density at radius 1 is 1.03 bits per heavy atom. The molecule has 0 bridgehead atoms. The second kappa shape index (κ2) is 9.64. The molecule has 1 aromatic carbocycles. The van der Waals surface area contributed by atoms with E-state index in [0.29, 0.717) is 18.1 Å². The Morgan fingerprint density at radius 3 is 2.61 bits per heavy atom. The minimum absolute atomic E-state index is 0.0544. The number of aromatic nitrogens is 2. The molecule has 1 aliphatic heterocycles. The third kappa shape index (κ3) is 5.42. The number of carbonyl (C=O) groups excluding carboxylic acids is 1. The number of halogens is 2. The van der Waals surface area contributed by atoms with Crippen molar-refractivity contribution in [1.82, 2.24) is 14.9 Å². The number of pyridine rings is 2. The molecular weight excluding hydrogens is 398 g/mol. The van der Waals surface area contributed by atoms with Gasteiger partial charge >= 0.3 is 0 Å². The van der Waals surface area contributed by atoms with Gasteiger partial charge in [0.25, 0.3) is 0 Å². The van der Waals surface area contributed by atoms with Crippen LogP contribution in [0.5, 0.6) is 0 Å². The van der Waals surface area contributed by atoms with Gasteiger partial charge in [-0.2, -0.15) is 0 Å². The van der Waals surface area contributed by atoms with Crippen molar-refractivity contribution in [2.75, 3.05) is 11.9 Å². The van der Waals surface area contributed by atoms with Crippen molar-refractivity contribution >= 4 is 17.5 Å². The lowest BCUT2D eigenvalue weighted by Crippen LogP contribution is -2.30. The fraction of sp³-hybridized carbons (Fsp3) is 0.292. The van der Waals surface area contributed by atoms with Crippen molar-refractivity contribution in [3.05, 3.63) is 83.7 Å². The quantitative estimate of drug-likeness (QED) is 0.570. The fourth-order valence-corrected chi connectivity index (χ4v) is 3.90. The number of nitrogens with one attached hydrogen (secondary N) is 1. The summed E-state index contributed by atoms with van der Waals surface area (Å²) >= 11 is 0. The average Bonchev–Trinajstić information content (AvgIpc) is 3.27. The Hall–Kier alpha value is -3.35. The van der Waals surface area contributed by atoms with E-state index < -0.39 is 5.82 Å². The molecule has 2 aromatic heterocycles. The van der Waals surface area contributed by atoms with Gasteiger partial charge in [0.05, 0.1) is 17.9 Å². The summed E-state index contributed by atoms with van der Waals surface area (Å²) in [4.78, 5) is 23.4. The van der Waals surface area contributed by atoms with Crippen molar-refractivity contribution in [1.29, 1.82) is 0 Å². The Morgan fingerprint density at radius 2 is 1.84 bits per heavy atom. The van der Waals surface area contributed by atoms with Gasteiger partial charge in [-0.3, -0.25) is 4.79 Å². The number of benzene rings is 1. The standard InChI is InChI=1S/C24H24F2N4O/c25-18-11-9-17(10-12-18)4-1-8-24(31)30-15-3-6-21(30)20-5-2-7-23(28-20)29-22-14-13-19(26)16-27-22/h2,5,7,9-14,16,21H,1,3-4,6,8,15H2,(H,27,28,29). The van der Waals surface area contributed by atoms with Crippen molar-refractivity contribution in [2.24, 2.45) is 0 Å². The molecule has 0 aliphatic carbocycles. The predicted molar refractivity (Wildman–Crippen MR) is 115 cm³/mol. The first-order valence-corrected chi connectivity index (χ1v) is 10.5. The summed E-state index contributed by atoms with van der Waals surface area (Å²) in [6.07, 6.45) is 4.87. The molecule has 1 aliphatic rings. The summed E-state index contributed by atoms with van der Waals surface area (Å²) < 4.78 is 26.1. The molecule has 1 saturated heterocycles. The van der Waals surface area contributed by atoms with Crippen LogP contribution < -0.4 is 5.32 Å². The van der Waals surface area contributed by atoms with Gasteiger partial charge in [-0.15, -0.1) is 0 Å². The molecule has 3 aromatic rings. The lowest BCUT2D eigenvalue weighted by Gasteiger charge is -2.25. The fourth-order valence-electron chi connectivity index (χ4n) is 3.90. The maximum Gasteiger partial charge on any atom is 0.223 e. The third-order valence-electron chi connectivity index (χ3n) is 5.44. The van der Waals surface area contributed by atoms with E-state index in [2.05, 4.69) is 15.3 Å². The van der Waals surface area contributed by atoms with Crippen LogP contribution in [0.2, 0.25) is 0 Å². The molecule has 0 saturated carbocycles. The zero-order chi connectivity index (χ0) is 21.6. The van der Waals surface area contributed by atoms with Crippen LogP contribution in [-0.2, 0) is 11.2 Å². The van der Waals surface area contributed by atoms with Crippen LogP contribution in [0.15, 0.2) is 60.8 Å². The van der Waals surface area contributed by atoms with Crippen molar-refractivity contribution in [3.8, 4) is 0 Å². The maximum absolute atomic E-state index is 13.1. The van der Waals surface area contributed by atoms with Gasteiger partial charge < -0.3 is 10.2 Å². The first kappa shape index (κ1) is 20.9. The molecule has 1 unspecified atom stereocenters. The molecule has 1 amide bonds. The van der Waals surface area contributed by atoms with Crippen LogP contribution in [0.1, 0.15) is 43.0 Å².